The lowest BCUT2D eigenvalue weighted by atomic mass is 10.0. The summed E-state index contributed by atoms with van der Waals surface area (Å²) in [5.41, 5.74) is 2.42. The third-order valence-corrected chi connectivity index (χ3v) is 4.09. The minimum Gasteiger partial charge on any atom is -0.496 e. The Labute approximate surface area is 140 Å². The maximum Gasteiger partial charge on any atom is 0.121 e. The molecule has 1 aliphatic heterocycles. The minimum absolute atomic E-state index is 0.420. The number of benzene rings is 1. The van der Waals surface area contributed by atoms with Crippen molar-refractivity contribution in [2.24, 2.45) is 0 Å². The van der Waals surface area contributed by atoms with Gasteiger partial charge < -0.3 is 10.1 Å². The second-order valence-corrected chi connectivity index (χ2v) is 5.94. The van der Waals surface area contributed by atoms with Gasteiger partial charge in [0.2, 0.25) is 0 Å². The van der Waals surface area contributed by atoms with E-state index in [0.29, 0.717) is 6.04 Å². The van der Waals surface area contributed by atoms with Gasteiger partial charge in [0.1, 0.15) is 5.76 Å². The molecule has 3 heteroatoms. The van der Waals surface area contributed by atoms with Crippen molar-refractivity contribution in [3.63, 3.8) is 0 Å². The Bertz CT molecular complexity index is 548. The summed E-state index contributed by atoms with van der Waals surface area (Å²) in [6.07, 6.45) is 6.86. The zero-order valence-electron chi connectivity index (χ0n) is 14.3. The molecule has 0 bridgehead atoms. The number of methoxy groups -OCH3 is 1. The summed E-state index contributed by atoms with van der Waals surface area (Å²) in [6.45, 7) is 10.3. The van der Waals surface area contributed by atoms with Gasteiger partial charge in [-0.1, -0.05) is 49.1 Å². The molecule has 0 amide bonds. The number of hydrogen-bond acceptors (Lipinski definition) is 3. The van der Waals surface area contributed by atoms with Crippen LogP contribution in [-0.4, -0.2) is 37.7 Å². The van der Waals surface area contributed by atoms with E-state index >= 15 is 0 Å². The lowest BCUT2D eigenvalue weighted by Crippen LogP contribution is -2.50. The Morgan fingerprint density at radius 3 is 2.87 bits per heavy atom. The first-order chi connectivity index (χ1) is 11.2. The number of piperazine rings is 1. The number of allylic oxidation sites excluding steroid dienone is 4. The van der Waals surface area contributed by atoms with Gasteiger partial charge in [0.25, 0.3) is 0 Å². The van der Waals surface area contributed by atoms with Gasteiger partial charge in [0, 0.05) is 32.2 Å². The average Bonchev–Trinajstić information content (AvgIpc) is 2.57. The van der Waals surface area contributed by atoms with Gasteiger partial charge in [-0.3, -0.25) is 4.90 Å². The van der Waals surface area contributed by atoms with E-state index in [1.54, 1.807) is 7.11 Å². The second kappa shape index (κ2) is 9.33. The minimum atomic E-state index is 0.420. The first kappa shape index (κ1) is 17.5. The Kier molecular flexibility index (Phi) is 7.11. The summed E-state index contributed by atoms with van der Waals surface area (Å²) in [6, 6.07) is 11.1. The molecule has 1 aromatic carbocycles. The van der Waals surface area contributed by atoms with Crippen LogP contribution in [0.1, 0.15) is 18.9 Å². The highest BCUT2D eigenvalue weighted by Gasteiger charge is 2.20. The largest absolute Gasteiger partial charge is 0.496 e. The van der Waals surface area contributed by atoms with E-state index in [1.807, 2.05) is 25.2 Å². The maximum absolute atomic E-state index is 5.45. The molecule has 1 atom stereocenters. The first-order valence-electron chi connectivity index (χ1n) is 8.27. The molecule has 1 aliphatic rings. The Morgan fingerprint density at radius 1 is 1.39 bits per heavy atom. The molecule has 0 saturated carbocycles. The van der Waals surface area contributed by atoms with E-state index in [-0.39, 0.29) is 0 Å². The monoisotopic (exact) mass is 312 g/mol. The van der Waals surface area contributed by atoms with Gasteiger partial charge in [-0.05, 0) is 30.6 Å². The third kappa shape index (κ3) is 5.70. The molecule has 1 fully saturated rings. The predicted octanol–water partition coefficient (Wildman–Crippen LogP) is 3.51. The van der Waals surface area contributed by atoms with Crippen molar-refractivity contribution in [1.82, 2.24) is 10.2 Å². The SMILES string of the molecule is C=C(CC1CN(Cc2ccccc2)CCN1)/C(=C\C=C/C)OC. The van der Waals surface area contributed by atoms with Gasteiger partial charge in [-0.25, -0.2) is 0 Å². The standard InChI is InChI=1S/C20H28N2O/c1-4-5-11-20(23-3)17(2)14-19-16-22(13-12-21-19)15-18-9-7-6-8-10-18/h4-11,19,21H,2,12-16H2,1,3H3/b5-4-,20-11+. The third-order valence-electron chi connectivity index (χ3n) is 4.09. The summed E-state index contributed by atoms with van der Waals surface area (Å²) in [7, 11) is 1.70. The maximum atomic E-state index is 5.45. The lowest BCUT2D eigenvalue weighted by molar-refractivity contribution is 0.190. The smallest absolute Gasteiger partial charge is 0.121 e. The van der Waals surface area contributed by atoms with Crippen molar-refractivity contribution >= 4 is 0 Å². The van der Waals surface area contributed by atoms with Crippen LogP contribution in [-0.2, 0) is 11.3 Å². The molecule has 1 saturated heterocycles. The molecule has 0 aromatic heterocycles. The Hall–Kier alpha value is -1.84. The molecule has 3 nitrogen and oxygen atoms in total. The molecule has 1 N–H and O–H groups in total. The number of ether oxygens (including phenoxy) is 1. The highest BCUT2D eigenvalue weighted by Crippen LogP contribution is 2.18. The molecular formula is C20H28N2O. The van der Waals surface area contributed by atoms with Gasteiger partial charge in [0.15, 0.2) is 0 Å². The number of nitrogens with zero attached hydrogens (tertiary/aromatic N) is 1. The van der Waals surface area contributed by atoms with Gasteiger partial charge in [-0.15, -0.1) is 0 Å². The summed E-state index contributed by atoms with van der Waals surface area (Å²) >= 11 is 0. The number of nitrogens with one attached hydrogen (secondary N) is 1. The fraction of sp³-hybridized carbons (Fsp3) is 0.400. The van der Waals surface area contributed by atoms with E-state index < -0.39 is 0 Å². The zero-order chi connectivity index (χ0) is 16.5. The fourth-order valence-corrected chi connectivity index (χ4v) is 2.93. The van der Waals surface area contributed by atoms with E-state index in [4.69, 9.17) is 4.74 Å². The molecule has 0 radical (unpaired) electrons. The van der Waals surface area contributed by atoms with Crippen LogP contribution >= 0.6 is 0 Å². The average molecular weight is 312 g/mol. The molecule has 0 spiro atoms. The van der Waals surface area contributed by atoms with Gasteiger partial charge >= 0.3 is 0 Å². The highest BCUT2D eigenvalue weighted by molar-refractivity contribution is 5.27. The van der Waals surface area contributed by atoms with Crippen LogP contribution in [0.3, 0.4) is 0 Å². The highest BCUT2D eigenvalue weighted by atomic mass is 16.5. The van der Waals surface area contributed by atoms with Crippen LogP contribution in [0.5, 0.6) is 0 Å². The van der Waals surface area contributed by atoms with Crippen LogP contribution in [0.25, 0.3) is 0 Å². The van der Waals surface area contributed by atoms with Crippen molar-refractivity contribution in [3.05, 3.63) is 72.0 Å². The topological polar surface area (TPSA) is 24.5 Å². The lowest BCUT2D eigenvalue weighted by Gasteiger charge is -2.34. The van der Waals surface area contributed by atoms with Crippen LogP contribution in [0, 0.1) is 0 Å². The van der Waals surface area contributed by atoms with Crippen molar-refractivity contribution in [3.8, 4) is 0 Å². The summed E-state index contributed by atoms with van der Waals surface area (Å²) in [5, 5.41) is 3.60. The van der Waals surface area contributed by atoms with Gasteiger partial charge in [0.05, 0.1) is 7.11 Å². The second-order valence-electron chi connectivity index (χ2n) is 5.94. The predicted molar refractivity (Wildman–Crippen MR) is 97.2 cm³/mol. The van der Waals surface area contributed by atoms with Crippen LogP contribution in [0.4, 0.5) is 0 Å². The molecular weight excluding hydrogens is 284 g/mol. The van der Waals surface area contributed by atoms with Crippen LogP contribution in [0.15, 0.2) is 66.5 Å². The van der Waals surface area contributed by atoms with Crippen molar-refractivity contribution < 1.29 is 4.74 Å². The molecule has 23 heavy (non-hydrogen) atoms. The molecule has 2 rings (SSSR count). The molecule has 124 valence electrons. The number of rotatable bonds is 7. The molecule has 1 heterocycles. The Morgan fingerprint density at radius 2 is 2.17 bits per heavy atom. The van der Waals surface area contributed by atoms with Crippen LogP contribution < -0.4 is 5.32 Å². The van der Waals surface area contributed by atoms with E-state index in [9.17, 15) is 0 Å². The zero-order valence-corrected chi connectivity index (χ0v) is 14.3. The normalized spacial score (nSPS) is 19.9. The quantitative estimate of drug-likeness (QED) is 0.616. The van der Waals surface area contributed by atoms with E-state index in [0.717, 1.165) is 43.9 Å². The molecule has 1 aromatic rings. The number of hydrogen-bond donors (Lipinski definition) is 1. The van der Waals surface area contributed by atoms with Crippen LogP contribution in [0.2, 0.25) is 0 Å². The van der Waals surface area contributed by atoms with E-state index in [1.165, 1.54) is 5.56 Å². The van der Waals surface area contributed by atoms with Crippen molar-refractivity contribution in [2.45, 2.75) is 25.9 Å². The summed E-state index contributed by atoms with van der Waals surface area (Å²) in [5.74, 6) is 0.866. The van der Waals surface area contributed by atoms with E-state index in [2.05, 4.69) is 47.1 Å². The summed E-state index contributed by atoms with van der Waals surface area (Å²) < 4.78 is 5.45. The van der Waals surface area contributed by atoms with Crippen molar-refractivity contribution in [1.29, 1.82) is 0 Å². The summed E-state index contributed by atoms with van der Waals surface area (Å²) in [4.78, 5) is 2.51. The Balaban J connectivity index is 1.89. The van der Waals surface area contributed by atoms with Crippen molar-refractivity contribution in [2.75, 3.05) is 26.7 Å². The molecule has 1 unspecified atom stereocenters. The molecule has 0 aliphatic carbocycles. The van der Waals surface area contributed by atoms with Gasteiger partial charge in [-0.2, -0.15) is 0 Å². The fourth-order valence-electron chi connectivity index (χ4n) is 2.93. The first-order valence-corrected chi connectivity index (χ1v) is 8.27.